The molecule has 0 aromatic carbocycles. The molecule has 0 spiro atoms. The maximum absolute atomic E-state index is 13.7. The van der Waals surface area contributed by atoms with Crippen LogP contribution in [-0.2, 0) is 39.9 Å². The topological polar surface area (TPSA) is 163 Å². The third-order valence-corrected chi connectivity index (χ3v) is 8.24. The summed E-state index contributed by atoms with van der Waals surface area (Å²) in [5.41, 5.74) is 2.40. The van der Waals surface area contributed by atoms with Crippen LogP contribution in [0.2, 0.25) is 0 Å². The number of carbonyl (C=O) groups is 5. The van der Waals surface area contributed by atoms with E-state index in [1.165, 1.54) is 4.90 Å². The van der Waals surface area contributed by atoms with Gasteiger partial charge in [0.1, 0.15) is 12.1 Å². The van der Waals surface area contributed by atoms with E-state index in [-0.39, 0.29) is 24.5 Å². The van der Waals surface area contributed by atoms with Crippen molar-refractivity contribution in [2.75, 3.05) is 31.3 Å². The number of fused-ring (bicyclic) bond motifs is 1. The van der Waals surface area contributed by atoms with Gasteiger partial charge in [-0.1, -0.05) is 34.1 Å². The molecule has 1 aromatic heterocycles. The van der Waals surface area contributed by atoms with Gasteiger partial charge in [0.2, 0.25) is 11.8 Å². The lowest BCUT2D eigenvalue weighted by Gasteiger charge is -2.31. The van der Waals surface area contributed by atoms with E-state index in [1.807, 2.05) is 38.7 Å². The van der Waals surface area contributed by atoms with Crippen molar-refractivity contribution in [2.24, 2.45) is 5.92 Å². The Kier molecular flexibility index (Phi) is 11.3. The Hall–Kier alpha value is -4.00. The lowest BCUT2D eigenvalue weighted by Crippen LogP contribution is -2.56. The molecule has 3 aliphatic rings. The second-order valence-corrected chi connectivity index (χ2v) is 11.5. The maximum Gasteiger partial charge on any atom is 0.337 e. The van der Waals surface area contributed by atoms with E-state index in [2.05, 4.69) is 20.9 Å². The summed E-state index contributed by atoms with van der Waals surface area (Å²) in [6.45, 7) is 8.96. The number of amides is 4. The van der Waals surface area contributed by atoms with Crippen LogP contribution in [0.4, 0.5) is 5.69 Å². The lowest BCUT2D eigenvalue weighted by molar-refractivity contribution is -0.145. The van der Waals surface area contributed by atoms with Crippen LogP contribution in [0.1, 0.15) is 65.4 Å². The molecule has 44 heavy (non-hydrogen) atoms. The Morgan fingerprint density at radius 3 is 2.57 bits per heavy atom. The standard InChI is InChI=1S/C31H44N6O7/c1-5-11-33-28(39)25-26(44-25)29(40)35-24(19(4)7-3)30(41)37-14-8-9-22(37)27(38)34-18-43-31(42)21-15-20-10-12-32-16-23(20)36(17-21)13-6-2/h10,12,16-17,19,22,24-26H,5-9,11,13-15,18H2,1-4H3,(H,33,39)(H,34,38)(H,35,40)/t19-,22-,24-,25-,26?/m0/s1. The van der Waals surface area contributed by atoms with Crippen LogP contribution in [0.5, 0.6) is 0 Å². The molecule has 3 aliphatic heterocycles. The lowest BCUT2D eigenvalue weighted by atomic mass is 9.97. The van der Waals surface area contributed by atoms with Gasteiger partial charge in [-0.15, -0.1) is 0 Å². The van der Waals surface area contributed by atoms with E-state index in [0.29, 0.717) is 44.3 Å². The number of esters is 1. The van der Waals surface area contributed by atoms with Crippen LogP contribution in [0.3, 0.4) is 0 Å². The number of ether oxygens (including phenoxy) is 2. The molecule has 4 rings (SSSR count). The van der Waals surface area contributed by atoms with Crippen molar-refractivity contribution in [2.45, 2.75) is 90.5 Å². The minimum absolute atomic E-state index is 0.222. The van der Waals surface area contributed by atoms with Gasteiger partial charge in [-0.05, 0) is 43.2 Å². The maximum atomic E-state index is 13.7. The Bertz CT molecular complexity index is 1270. The molecular formula is C31H44N6O7. The Morgan fingerprint density at radius 2 is 1.84 bits per heavy atom. The van der Waals surface area contributed by atoms with E-state index >= 15 is 0 Å². The third kappa shape index (κ3) is 7.74. The highest BCUT2D eigenvalue weighted by Crippen LogP contribution is 2.29. The fraction of sp³-hybridized carbons (Fsp3) is 0.613. The van der Waals surface area contributed by atoms with Crippen molar-refractivity contribution in [1.82, 2.24) is 25.8 Å². The largest absolute Gasteiger partial charge is 0.441 e. The average molecular weight is 613 g/mol. The van der Waals surface area contributed by atoms with Crippen molar-refractivity contribution < 1.29 is 33.4 Å². The molecular weight excluding hydrogens is 568 g/mol. The van der Waals surface area contributed by atoms with Gasteiger partial charge >= 0.3 is 5.97 Å². The summed E-state index contributed by atoms with van der Waals surface area (Å²) >= 11 is 0. The number of carbonyl (C=O) groups excluding carboxylic acids is 5. The highest BCUT2D eigenvalue weighted by atomic mass is 16.6. The summed E-state index contributed by atoms with van der Waals surface area (Å²) in [5.74, 6) is -2.43. The number of epoxide rings is 1. The van der Waals surface area contributed by atoms with Crippen LogP contribution in [0, 0.1) is 5.92 Å². The number of anilines is 1. The van der Waals surface area contributed by atoms with Gasteiger partial charge in [0, 0.05) is 38.5 Å². The van der Waals surface area contributed by atoms with Gasteiger partial charge in [0.05, 0.1) is 17.5 Å². The van der Waals surface area contributed by atoms with Crippen LogP contribution >= 0.6 is 0 Å². The van der Waals surface area contributed by atoms with Crippen molar-refractivity contribution in [3.05, 3.63) is 35.8 Å². The zero-order valence-corrected chi connectivity index (χ0v) is 26.0. The molecule has 4 amide bonds. The monoisotopic (exact) mass is 612 g/mol. The molecule has 13 nitrogen and oxygen atoms in total. The van der Waals surface area contributed by atoms with Crippen molar-refractivity contribution in [3.8, 4) is 0 Å². The first-order valence-electron chi connectivity index (χ1n) is 15.6. The van der Waals surface area contributed by atoms with Crippen LogP contribution in [-0.4, -0.2) is 90.1 Å². The number of nitrogens with one attached hydrogen (secondary N) is 3. The zero-order valence-electron chi connectivity index (χ0n) is 26.0. The number of likely N-dealkylation sites (tertiary alicyclic amines) is 1. The first kappa shape index (κ1) is 32.9. The quantitative estimate of drug-likeness (QED) is 0.159. The van der Waals surface area contributed by atoms with Gasteiger partial charge in [-0.2, -0.15) is 0 Å². The zero-order chi connectivity index (χ0) is 31.8. The molecule has 2 saturated heterocycles. The van der Waals surface area contributed by atoms with E-state index < -0.39 is 42.1 Å². The summed E-state index contributed by atoms with van der Waals surface area (Å²) in [5, 5.41) is 8.12. The summed E-state index contributed by atoms with van der Waals surface area (Å²) < 4.78 is 10.7. The molecule has 0 aliphatic carbocycles. The highest BCUT2D eigenvalue weighted by Gasteiger charge is 2.51. The Labute approximate surface area is 258 Å². The normalized spacial score (nSPS) is 21.8. The summed E-state index contributed by atoms with van der Waals surface area (Å²) in [4.78, 5) is 72.4. The molecule has 0 saturated carbocycles. The predicted octanol–water partition coefficient (Wildman–Crippen LogP) is 1.17. The third-order valence-electron chi connectivity index (χ3n) is 8.24. The van der Waals surface area contributed by atoms with E-state index in [4.69, 9.17) is 9.47 Å². The predicted molar refractivity (Wildman–Crippen MR) is 161 cm³/mol. The van der Waals surface area contributed by atoms with E-state index in [0.717, 1.165) is 30.6 Å². The van der Waals surface area contributed by atoms with Crippen LogP contribution in [0.15, 0.2) is 30.2 Å². The Balaban J connectivity index is 1.31. The van der Waals surface area contributed by atoms with Crippen molar-refractivity contribution in [1.29, 1.82) is 0 Å². The Morgan fingerprint density at radius 1 is 1.07 bits per heavy atom. The van der Waals surface area contributed by atoms with Gasteiger partial charge in [-0.3, -0.25) is 24.2 Å². The molecule has 0 bridgehead atoms. The first-order valence-corrected chi connectivity index (χ1v) is 15.6. The second-order valence-electron chi connectivity index (χ2n) is 11.5. The van der Waals surface area contributed by atoms with Crippen LogP contribution in [0.25, 0.3) is 0 Å². The molecule has 240 valence electrons. The van der Waals surface area contributed by atoms with Gasteiger partial charge in [0.25, 0.3) is 11.8 Å². The minimum atomic E-state index is -0.947. The molecule has 3 N–H and O–H groups in total. The molecule has 1 aromatic rings. The summed E-state index contributed by atoms with van der Waals surface area (Å²) in [6.07, 6.45) is 7.12. The molecule has 13 heteroatoms. The highest BCUT2D eigenvalue weighted by molar-refractivity contribution is 5.98. The number of hydrogen-bond donors (Lipinski definition) is 3. The SMILES string of the molecule is CCCNC(=O)[C@H]1OC1C(=O)N[C@H](C(=O)N1CCC[C@H]1C(=O)NCOC(=O)C1=CN(CCC)c2cnccc2C1)[C@@H](C)CC. The van der Waals surface area contributed by atoms with E-state index in [9.17, 15) is 24.0 Å². The smallest absolute Gasteiger partial charge is 0.337 e. The number of aromatic nitrogens is 1. The van der Waals surface area contributed by atoms with Crippen molar-refractivity contribution >= 4 is 35.3 Å². The first-order chi connectivity index (χ1) is 21.2. The fourth-order valence-corrected chi connectivity index (χ4v) is 5.53. The molecule has 4 heterocycles. The summed E-state index contributed by atoms with van der Waals surface area (Å²) in [6, 6.07) is 0.230. The van der Waals surface area contributed by atoms with Gasteiger partial charge in [0.15, 0.2) is 18.9 Å². The summed E-state index contributed by atoms with van der Waals surface area (Å²) in [7, 11) is 0. The molecule has 2 fully saturated rings. The van der Waals surface area contributed by atoms with Gasteiger partial charge < -0.3 is 35.2 Å². The average Bonchev–Trinajstić information content (AvgIpc) is 3.69. The van der Waals surface area contributed by atoms with Crippen molar-refractivity contribution in [3.63, 3.8) is 0 Å². The van der Waals surface area contributed by atoms with E-state index in [1.54, 1.807) is 18.6 Å². The number of rotatable bonds is 14. The number of pyridine rings is 1. The van der Waals surface area contributed by atoms with Gasteiger partial charge in [-0.25, -0.2) is 4.79 Å². The molecule has 0 radical (unpaired) electrons. The minimum Gasteiger partial charge on any atom is -0.441 e. The second kappa shape index (κ2) is 15.1. The number of hydrogen-bond acceptors (Lipinski definition) is 9. The molecule has 5 atom stereocenters. The number of nitrogens with zero attached hydrogens (tertiary/aromatic N) is 3. The van der Waals surface area contributed by atoms with Crippen LogP contribution < -0.4 is 20.9 Å². The fourth-order valence-electron chi connectivity index (χ4n) is 5.53. The molecule has 1 unspecified atom stereocenters.